The summed E-state index contributed by atoms with van der Waals surface area (Å²) in [6, 6.07) is 8.79. The Labute approximate surface area is 183 Å². The van der Waals surface area contributed by atoms with Gasteiger partial charge in [0, 0.05) is 35.8 Å². The zero-order valence-corrected chi connectivity index (χ0v) is 17.7. The number of rotatable bonds is 1. The molecule has 0 spiro atoms. The van der Waals surface area contributed by atoms with Crippen LogP contribution in [0.3, 0.4) is 0 Å². The van der Waals surface area contributed by atoms with Gasteiger partial charge in [-0.25, -0.2) is 9.97 Å². The lowest BCUT2D eigenvalue weighted by Crippen LogP contribution is -2.39. The van der Waals surface area contributed by atoms with Gasteiger partial charge in [0.2, 0.25) is 5.91 Å². The van der Waals surface area contributed by atoms with Gasteiger partial charge < -0.3 is 25.0 Å². The normalized spacial score (nSPS) is 14.7. The highest BCUT2D eigenvalue weighted by molar-refractivity contribution is 6.30. The molecule has 3 aromatic rings. The number of carbonyl (C=O) groups is 2. The van der Waals surface area contributed by atoms with Crippen molar-refractivity contribution < 1.29 is 19.1 Å². The van der Waals surface area contributed by atoms with Crippen molar-refractivity contribution in [1.29, 1.82) is 0 Å². The van der Waals surface area contributed by atoms with Crippen molar-refractivity contribution in [2.75, 3.05) is 32.6 Å². The number of carbonyl (C=O) groups excluding carboxylic acids is 2. The minimum absolute atomic E-state index is 0.142. The standard InChI is InChI=1S/C21H20ClN5O4/c1-27-9-12-3-4-13(22)5-15(12)26-21-14-6-18(31-10-19(28)23-8-20(27)29)17(30-2)7-16(14)24-11-25-21/h3-7,11H,8-10H2,1-2H3,(H,23,28)(H,24,25,26). The summed E-state index contributed by atoms with van der Waals surface area (Å²) in [5, 5.41) is 7.08. The zero-order chi connectivity index (χ0) is 22.0. The predicted molar refractivity (Wildman–Crippen MR) is 116 cm³/mol. The average Bonchev–Trinajstić information content (AvgIpc) is 2.77. The number of fused-ring (bicyclic) bond motifs is 2. The van der Waals surface area contributed by atoms with Crippen molar-refractivity contribution in [3.8, 4) is 11.5 Å². The molecule has 1 aromatic heterocycles. The van der Waals surface area contributed by atoms with Crippen molar-refractivity contribution >= 4 is 45.8 Å². The topological polar surface area (TPSA) is 106 Å². The van der Waals surface area contributed by atoms with Crippen molar-refractivity contribution in [3.05, 3.63) is 47.2 Å². The van der Waals surface area contributed by atoms with Crippen LogP contribution in [-0.2, 0) is 16.1 Å². The minimum Gasteiger partial charge on any atom is -0.493 e. The highest BCUT2D eigenvalue weighted by atomic mass is 35.5. The average molecular weight is 442 g/mol. The molecule has 10 heteroatoms. The second-order valence-electron chi connectivity index (χ2n) is 6.98. The van der Waals surface area contributed by atoms with Crippen LogP contribution in [0.15, 0.2) is 36.7 Å². The summed E-state index contributed by atoms with van der Waals surface area (Å²) in [4.78, 5) is 34.8. The third-order valence-corrected chi connectivity index (χ3v) is 5.11. The summed E-state index contributed by atoms with van der Waals surface area (Å²) in [7, 11) is 3.17. The van der Waals surface area contributed by atoms with Crippen molar-refractivity contribution in [1.82, 2.24) is 20.2 Å². The molecule has 1 aliphatic heterocycles. The quantitative estimate of drug-likeness (QED) is 0.597. The molecule has 0 atom stereocenters. The number of hydrogen-bond donors (Lipinski definition) is 2. The second kappa shape index (κ2) is 8.65. The molecule has 0 unspecified atom stereocenters. The van der Waals surface area contributed by atoms with E-state index in [9.17, 15) is 9.59 Å². The van der Waals surface area contributed by atoms with Crippen LogP contribution in [-0.4, -0.2) is 54.0 Å². The van der Waals surface area contributed by atoms with Crippen LogP contribution in [0.25, 0.3) is 10.9 Å². The van der Waals surface area contributed by atoms with E-state index in [1.807, 2.05) is 6.07 Å². The van der Waals surface area contributed by atoms with Gasteiger partial charge in [-0.05, 0) is 23.8 Å². The van der Waals surface area contributed by atoms with E-state index < -0.39 is 5.91 Å². The maximum Gasteiger partial charge on any atom is 0.258 e. The van der Waals surface area contributed by atoms with Gasteiger partial charge in [-0.1, -0.05) is 17.7 Å². The Bertz CT molecular complexity index is 1170. The SMILES string of the molecule is COc1cc2ncnc3c2cc1OCC(=O)NCC(=O)N(C)Cc1ccc(Cl)cc1N3. The maximum absolute atomic E-state index is 12.5. The third kappa shape index (κ3) is 4.46. The Hall–Kier alpha value is -3.59. The summed E-state index contributed by atoms with van der Waals surface area (Å²) in [5.74, 6) is 0.635. The van der Waals surface area contributed by atoms with Crippen molar-refractivity contribution in [2.24, 2.45) is 0 Å². The number of methoxy groups -OCH3 is 1. The highest BCUT2D eigenvalue weighted by Crippen LogP contribution is 2.35. The summed E-state index contributed by atoms with van der Waals surface area (Å²) < 4.78 is 11.0. The lowest BCUT2D eigenvalue weighted by atomic mass is 10.1. The predicted octanol–water partition coefficient (Wildman–Crippen LogP) is 2.50. The van der Waals surface area contributed by atoms with Gasteiger partial charge in [-0.15, -0.1) is 0 Å². The second-order valence-corrected chi connectivity index (χ2v) is 7.42. The summed E-state index contributed by atoms with van der Waals surface area (Å²) in [5.41, 5.74) is 2.16. The van der Waals surface area contributed by atoms with Gasteiger partial charge in [-0.3, -0.25) is 9.59 Å². The molecule has 2 heterocycles. The number of anilines is 2. The molecule has 31 heavy (non-hydrogen) atoms. The summed E-state index contributed by atoms with van der Waals surface area (Å²) in [6.07, 6.45) is 1.44. The van der Waals surface area contributed by atoms with E-state index in [1.54, 1.807) is 31.3 Å². The first-order valence-electron chi connectivity index (χ1n) is 9.46. The first kappa shape index (κ1) is 20.7. The molecule has 0 saturated heterocycles. The van der Waals surface area contributed by atoms with E-state index in [0.717, 1.165) is 5.56 Å². The minimum atomic E-state index is -0.423. The molecule has 2 N–H and O–H groups in total. The fraction of sp³-hybridized carbons (Fsp3) is 0.238. The molecule has 2 aromatic carbocycles. The summed E-state index contributed by atoms with van der Waals surface area (Å²) in [6.45, 7) is -0.102. The third-order valence-electron chi connectivity index (χ3n) is 4.87. The molecule has 2 bridgehead atoms. The summed E-state index contributed by atoms with van der Waals surface area (Å²) >= 11 is 6.22. The fourth-order valence-electron chi connectivity index (χ4n) is 3.21. The largest absolute Gasteiger partial charge is 0.493 e. The van der Waals surface area contributed by atoms with E-state index in [1.165, 1.54) is 18.3 Å². The van der Waals surface area contributed by atoms with E-state index in [4.69, 9.17) is 21.1 Å². The van der Waals surface area contributed by atoms with E-state index >= 15 is 0 Å². The molecular formula is C21H20ClN5O4. The number of ether oxygens (including phenoxy) is 2. The number of likely N-dealkylation sites (N-methyl/N-ethyl adjacent to an activating group) is 1. The number of benzene rings is 2. The highest BCUT2D eigenvalue weighted by Gasteiger charge is 2.18. The molecular weight excluding hydrogens is 422 g/mol. The zero-order valence-electron chi connectivity index (χ0n) is 16.9. The molecule has 0 saturated carbocycles. The maximum atomic E-state index is 12.5. The molecule has 0 aliphatic carbocycles. The molecule has 1 aliphatic rings. The number of halogens is 1. The van der Waals surface area contributed by atoms with Crippen LogP contribution in [0.1, 0.15) is 5.56 Å². The van der Waals surface area contributed by atoms with Crippen LogP contribution in [0.4, 0.5) is 11.5 Å². The van der Waals surface area contributed by atoms with Crippen LogP contribution in [0.2, 0.25) is 5.02 Å². The van der Waals surface area contributed by atoms with Gasteiger partial charge in [0.15, 0.2) is 18.1 Å². The number of hydrogen-bond acceptors (Lipinski definition) is 7. The molecule has 160 valence electrons. The molecule has 2 amide bonds. The Balaban J connectivity index is 1.85. The van der Waals surface area contributed by atoms with Crippen molar-refractivity contribution in [2.45, 2.75) is 6.54 Å². The number of nitrogens with zero attached hydrogens (tertiary/aromatic N) is 3. The monoisotopic (exact) mass is 441 g/mol. The van der Waals surface area contributed by atoms with Crippen LogP contribution in [0, 0.1) is 0 Å². The first-order chi connectivity index (χ1) is 14.9. The fourth-order valence-corrected chi connectivity index (χ4v) is 3.39. The lowest BCUT2D eigenvalue weighted by molar-refractivity contribution is -0.132. The van der Waals surface area contributed by atoms with Crippen LogP contribution < -0.4 is 20.1 Å². The molecule has 4 rings (SSSR count). The van der Waals surface area contributed by atoms with Crippen molar-refractivity contribution in [3.63, 3.8) is 0 Å². The van der Waals surface area contributed by atoms with Crippen LogP contribution >= 0.6 is 11.6 Å². The molecule has 0 radical (unpaired) electrons. The van der Waals surface area contributed by atoms with Gasteiger partial charge in [0.25, 0.3) is 5.91 Å². The Morgan fingerprint density at radius 2 is 2.03 bits per heavy atom. The van der Waals surface area contributed by atoms with E-state index in [-0.39, 0.29) is 19.1 Å². The smallest absolute Gasteiger partial charge is 0.258 e. The lowest BCUT2D eigenvalue weighted by Gasteiger charge is -2.20. The molecule has 0 fully saturated rings. The van der Waals surface area contributed by atoms with Crippen LogP contribution in [0.5, 0.6) is 11.5 Å². The number of aromatic nitrogens is 2. The van der Waals surface area contributed by atoms with Gasteiger partial charge in [-0.2, -0.15) is 0 Å². The Morgan fingerprint density at radius 3 is 2.84 bits per heavy atom. The Kier molecular flexibility index (Phi) is 5.77. The van der Waals surface area contributed by atoms with E-state index in [0.29, 0.717) is 45.5 Å². The molecule has 9 nitrogen and oxygen atoms in total. The number of nitrogens with one attached hydrogen (secondary N) is 2. The van der Waals surface area contributed by atoms with Gasteiger partial charge >= 0.3 is 0 Å². The number of amides is 2. The van der Waals surface area contributed by atoms with Gasteiger partial charge in [0.05, 0.1) is 19.2 Å². The van der Waals surface area contributed by atoms with E-state index in [2.05, 4.69) is 20.6 Å². The first-order valence-corrected chi connectivity index (χ1v) is 9.84. The van der Waals surface area contributed by atoms with Gasteiger partial charge in [0.1, 0.15) is 12.1 Å². The Morgan fingerprint density at radius 1 is 1.19 bits per heavy atom.